The van der Waals surface area contributed by atoms with Gasteiger partial charge in [0.1, 0.15) is 0 Å². The molecule has 0 fully saturated rings. The molecule has 0 radical (unpaired) electrons. The number of hydrogen-bond acceptors (Lipinski definition) is 0. The third-order valence-electron chi connectivity index (χ3n) is 0. The second-order valence-electron chi connectivity index (χ2n) is 0.762. The summed E-state index contributed by atoms with van der Waals surface area (Å²) in [6, 6.07) is 0. The third-order valence-corrected chi connectivity index (χ3v) is 0. The summed E-state index contributed by atoms with van der Waals surface area (Å²) in [5, 5.41) is 0. The van der Waals surface area contributed by atoms with Gasteiger partial charge in [-0.3, -0.25) is 0 Å². The van der Waals surface area contributed by atoms with E-state index in [1.165, 1.54) is -0.575 Å². The molecule has 46 valence electrons. The van der Waals surface area contributed by atoms with Crippen molar-refractivity contribution in [3.05, 3.63) is 0 Å². The SMILES string of the molecule is F[B-](F)(F)F.[K][CH2]Br. The first-order valence-corrected chi connectivity index (χ1v) is 5.18. The third kappa shape index (κ3) is 104. The van der Waals surface area contributed by atoms with Gasteiger partial charge in [0.2, 0.25) is 0 Å². The monoisotopic (exact) mass is 219 g/mol. The van der Waals surface area contributed by atoms with Crippen LogP contribution in [0.5, 0.6) is 0 Å². The molecule has 0 aromatic carbocycles. The van der Waals surface area contributed by atoms with Crippen molar-refractivity contribution in [1.82, 2.24) is 0 Å². The van der Waals surface area contributed by atoms with Crippen molar-refractivity contribution >= 4 is 72.1 Å². The Kier molecular flexibility index (Phi) is 11.0. The van der Waals surface area contributed by atoms with E-state index in [2.05, 4.69) is 15.9 Å². The zero-order valence-corrected chi connectivity index (χ0v) is 8.88. The van der Waals surface area contributed by atoms with Crippen molar-refractivity contribution in [3.8, 4) is 0 Å². The fourth-order valence-corrected chi connectivity index (χ4v) is 0. The van der Waals surface area contributed by atoms with Crippen molar-refractivity contribution in [2.75, 3.05) is -0.575 Å². The van der Waals surface area contributed by atoms with Gasteiger partial charge in [-0.05, 0) is 0 Å². The fraction of sp³-hybridized carbons (Fsp3) is 1.00. The molecule has 0 aromatic rings. The molecule has 0 amide bonds. The molecular formula is CH2BBrF4K-. The number of hydrogen-bond donors (Lipinski definition) is 0. The second kappa shape index (κ2) is 7.01. The average Bonchev–Trinajstić information content (AvgIpc) is 1.27. The molecular weight excluding hydrogens is 218 g/mol. The molecule has 0 aromatic heterocycles. The van der Waals surface area contributed by atoms with Crippen molar-refractivity contribution in [1.29, 1.82) is 0 Å². The van der Waals surface area contributed by atoms with E-state index in [-0.39, 0.29) is 0 Å². The van der Waals surface area contributed by atoms with Crippen molar-refractivity contribution in [2.24, 2.45) is 0 Å². The van der Waals surface area contributed by atoms with E-state index < -0.39 is 7.25 Å². The molecule has 0 aliphatic rings. The minimum atomic E-state index is -6.00. The first-order valence-electron chi connectivity index (χ1n) is 1.85. The minimum absolute atomic E-state index is 1.02. The van der Waals surface area contributed by atoms with Crippen LogP contribution < -0.4 is 0 Å². The molecule has 0 heterocycles. The van der Waals surface area contributed by atoms with E-state index >= 15 is 0 Å². The summed E-state index contributed by atoms with van der Waals surface area (Å²) < 4.78 is 40.2. The molecule has 0 unspecified atom stereocenters. The van der Waals surface area contributed by atoms with Gasteiger partial charge in [-0.1, -0.05) is 0 Å². The van der Waals surface area contributed by atoms with E-state index in [4.69, 9.17) is 0 Å². The predicted molar refractivity (Wildman–Crippen MR) is 29.7 cm³/mol. The van der Waals surface area contributed by atoms with Crippen molar-refractivity contribution in [2.45, 2.75) is 0 Å². The molecule has 0 nitrogen and oxygen atoms in total. The maximum atomic E-state index is 9.75. The Hall–Kier alpha value is 1.90. The van der Waals surface area contributed by atoms with Crippen LogP contribution in [0.4, 0.5) is 17.3 Å². The fourth-order valence-electron chi connectivity index (χ4n) is 0. The first kappa shape index (κ1) is 12.6. The summed E-state index contributed by atoms with van der Waals surface area (Å²) in [5.74, 6) is 0. The van der Waals surface area contributed by atoms with Gasteiger partial charge in [-0.2, -0.15) is 0 Å². The van der Waals surface area contributed by atoms with E-state index in [9.17, 15) is 17.3 Å². The Bertz CT molecular complexity index is 39.8. The van der Waals surface area contributed by atoms with Gasteiger partial charge in [-0.15, -0.1) is 0 Å². The summed E-state index contributed by atoms with van der Waals surface area (Å²) >= 11 is 4.25. The van der Waals surface area contributed by atoms with Crippen LogP contribution in [-0.4, -0.2) is 55.6 Å². The molecule has 8 heavy (non-hydrogen) atoms. The van der Waals surface area contributed by atoms with Crippen LogP contribution in [0.15, 0.2) is 0 Å². The summed E-state index contributed by atoms with van der Waals surface area (Å²) in [4.78, 5) is 0. The molecule has 0 rings (SSSR count). The van der Waals surface area contributed by atoms with Crippen LogP contribution in [0.1, 0.15) is 0 Å². The van der Waals surface area contributed by atoms with Crippen molar-refractivity contribution < 1.29 is 17.3 Å². The Morgan fingerprint density at radius 2 is 1.25 bits per heavy atom. The molecule has 0 saturated heterocycles. The van der Waals surface area contributed by atoms with E-state index in [1.807, 2.05) is 0 Å². The first-order chi connectivity index (χ1) is 3.41. The summed E-state index contributed by atoms with van der Waals surface area (Å²) in [6.45, 7) is 0. The van der Waals surface area contributed by atoms with E-state index in [0.29, 0.717) is 0 Å². The molecule has 7 heteroatoms. The molecule has 0 atom stereocenters. The van der Waals surface area contributed by atoms with Crippen LogP contribution in [0.2, 0.25) is 0 Å². The van der Waals surface area contributed by atoms with Crippen LogP contribution in [0, 0.1) is 0 Å². The molecule has 0 spiro atoms. The number of alkyl halides is 1. The summed E-state index contributed by atoms with van der Waals surface area (Å²) in [7, 11) is -6.00. The Morgan fingerprint density at radius 3 is 1.25 bits per heavy atom. The molecule has 0 bridgehead atoms. The van der Waals surface area contributed by atoms with Crippen LogP contribution in [0.25, 0.3) is 0 Å². The predicted octanol–water partition coefficient (Wildman–Crippen LogP) is 1.81. The standard InChI is InChI=1S/CH2Br.BF4.K/c1-2;2-1(3,4)5;/h1H2;;/q;-1;. The van der Waals surface area contributed by atoms with Gasteiger partial charge in [0.25, 0.3) is 0 Å². The Labute approximate surface area is 87.2 Å². The van der Waals surface area contributed by atoms with Gasteiger partial charge in [0.15, 0.2) is 0 Å². The maximum absolute atomic E-state index is 9.75. The van der Waals surface area contributed by atoms with E-state index in [1.54, 1.807) is 0 Å². The molecule has 0 aliphatic carbocycles. The Morgan fingerprint density at radius 1 is 1.25 bits per heavy atom. The number of rotatable bonds is 0. The normalized spacial score (nSPS) is 9.88. The molecule has 0 N–H and O–H groups in total. The van der Waals surface area contributed by atoms with Gasteiger partial charge in [0, 0.05) is 0 Å². The average molecular weight is 220 g/mol. The molecule has 0 saturated carbocycles. The number of halogens is 5. The van der Waals surface area contributed by atoms with Gasteiger partial charge in [0.05, 0.1) is 0 Å². The van der Waals surface area contributed by atoms with Crippen LogP contribution in [-0.2, 0) is 0 Å². The van der Waals surface area contributed by atoms with Crippen LogP contribution in [0.3, 0.4) is 0 Å². The topological polar surface area (TPSA) is 0 Å². The summed E-state index contributed by atoms with van der Waals surface area (Å²) in [6.07, 6.45) is 0. The molecule has 0 aliphatic heterocycles. The van der Waals surface area contributed by atoms with Gasteiger partial charge in [-0.25, -0.2) is 0 Å². The van der Waals surface area contributed by atoms with Gasteiger partial charge >= 0.3 is 71.6 Å². The Balaban J connectivity index is 0. The zero-order chi connectivity index (χ0) is 7.21. The quantitative estimate of drug-likeness (QED) is 0.331. The summed E-state index contributed by atoms with van der Waals surface area (Å²) in [5.41, 5.74) is 0. The zero-order valence-electron chi connectivity index (χ0n) is 4.17. The second-order valence-corrected chi connectivity index (χ2v) is 6.22. The van der Waals surface area contributed by atoms with Crippen molar-refractivity contribution in [3.63, 3.8) is 0 Å². The van der Waals surface area contributed by atoms with Gasteiger partial charge < -0.3 is 17.3 Å². The van der Waals surface area contributed by atoms with Crippen LogP contribution >= 0.6 is 15.9 Å². The van der Waals surface area contributed by atoms with E-state index in [0.717, 1.165) is 49.0 Å².